The Morgan fingerprint density at radius 2 is 1.83 bits per heavy atom. The number of carbonyl (C=O) groups is 4. The van der Waals surface area contributed by atoms with Crippen molar-refractivity contribution < 1.29 is 28.7 Å². The Morgan fingerprint density at radius 3 is 2.50 bits per heavy atom. The first-order valence-corrected chi connectivity index (χ1v) is 8.71. The van der Waals surface area contributed by atoms with Crippen LogP contribution in [0.1, 0.15) is 51.9 Å². The van der Waals surface area contributed by atoms with Crippen LogP contribution < -0.4 is 0 Å². The van der Waals surface area contributed by atoms with E-state index >= 15 is 0 Å². The van der Waals surface area contributed by atoms with Crippen LogP contribution in [0.15, 0.2) is 11.1 Å². The molecule has 4 aliphatic rings. The Bertz CT molecular complexity index is 690. The minimum absolute atomic E-state index is 0.0457. The van der Waals surface area contributed by atoms with Crippen LogP contribution in [0.3, 0.4) is 0 Å². The van der Waals surface area contributed by atoms with Crippen LogP contribution in [0.5, 0.6) is 0 Å². The quantitative estimate of drug-likeness (QED) is 0.568. The van der Waals surface area contributed by atoms with Gasteiger partial charge in [0.1, 0.15) is 0 Å². The van der Waals surface area contributed by atoms with Crippen LogP contribution in [-0.4, -0.2) is 23.9 Å². The highest BCUT2D eigenvalue weighted by molar-refractivity contribution is 6.08. The van der Waals surface area contributed by atoms with Gasteiger partial charge < -0.3 is 9.47 Å². The van der Waals surface area contributed by atoms with E-state index < -0.39 is 41.1 Å². The van der Waals surface area contributed by atoms with E-state index in [0.29, 0.717) is 18.4 Å². The van der Waals surface area contributed by atoms with E-state index in [-0.39, 0.29) is 12.3 Å². The Labute approximate surface area is 139 Å². The molecule has 4 atom stereocenters. The Balaban J connectivity index is 1.85. The molecule has 24 heavy (non-hydrogen) atoms. The van der Waals surface area contributed by atoms with Crippen LogP contribution in [0.25, 0.3) is 0 Å². The Morgan fingerprint density at radius 1 is 1.04 bits per heavy atom. The molecule has 0 N–H and O–H groups in total. The predicted octanol–water partition coefficient (Wildman–Crippen LogP) is 2.06. The second-order valence-corrected chi connectivity index (χ2v) is 7.34. The van der Waals surface area contributed by atoms with Crippen LogP contribution in [0.4, 0.5) is 0 Å². The van der Waals surface area contributed by atoms with Gasteiger partial charge in [0.2, 0.25) is 0 Å². The lowest BCUT2D eigenvalue weighted by molar-refractivity contribution is -0.158. The molecule has 6 nitrogen and oxygen atoms in total. The second-order valence-electron chi connectivity index (χ2n) is 7.34. The normalized spacial score (nSPS) is 38.8. The fourth-order valence-electron chi connectivity index (χ4n) is 5.44. The van der Waals surface area contributed by atoms with Gasteiger partial charge in [-0.3, -0.25) is 14.4 Å². The summed E-state index contributed by atoms with van der Waals surface area (Å²) in [6.45, 7) is 2.00. The molecule has 6 heteroatoms. The van der Waals surface area contributed by atoms with Crippen molar-refractivity contribution in [2.24, 2.45) is 23.2 Å². The predicted molar refractivity (Wildman–Crippen MR) is 80.1 cm³/mol. The number of ether oxygens (including phenoxy) is 2. The van der Waals surface area contributed by atoms with Gasteiger partial charge in [-0.1, -0.05) is 18.9 Å². The van der Waals surface area contributed by atoms with Gasteiger partial charge in [-0.15, -0.1) is 0 Å². The van der Waals surface area contributed by atoms with Gasteiger partial charge in [-0.2, -0.15) is 0 Å². The summed E-state index contributed by atoms with van der Waals surface area (Å²) in [5, 5.41) is 0. The number of fused-ring (bicyclic) bond motifs is 2. The fourth-order valence-corrected chi connectivity index (χ4v) is 5.44. The van der Waals surface area contributed by atoms with E-state index in [1.807, 2.05) is 6.92 Å². The summed E-state index contributed by atoms with van der Waals surface area (Å²) in [5.41, 5.74) is 1.02. The van der Waals surface area contributed by atoms with E-state index in [9.17, 15) is 19.2 Å². The summed E-state index contributed by atoms with van der Waals surface area (Å²) in [7, 11) is 0. The number of allylic oxidation sites excluding steroid dienone is 1. The number of esters is 4. The number of hydrogen-bond donors (Lipinski definition) is 0. The zero-order valence-corrected chi connectivity index (χ0v) is 13.6. The molecule has 0 aromatic rings. The molecule has 128 valence electrons. The zero-order chi connectivity index (χ0) is 17.1. The van der Waals surface area contributed by atoms with Gasteiger partial charge in [-0.05, 0) is 43.4 Å². The summed E-state index contributed by atoms with van der Waals surface area (Å²) in [6.07, 6.45) is 4.75. The van der Waals surface area contributed by atoms with Crippen molar-refractivity contribution >= 4 is 23.9 Å². The number of hydrogen-bond acceptors (Lipinski definition) is 6. The third-order valence-corrected chi connectivity index (χ3v) is 6.50. The van der Waals surface area contributed by atoms with Crippen LogP contribution in [-0.2, 0) is 28.7 Å². The van der Waals surface area contributed by atoms with Crippen molar-refractivity contribution in [2.75, 3.05) is 0 Å². The molecule has 0 spiro atoms. The molecule has 2 saturated heterocycles. The molecule has 2 aliphatic heterocycles. The maximum absolute atomic E-state index is 12.3. The number of carbonyl (C=O) groups excluding carboxylic acids is 4. The largest absolute Gasteiger partial charge is 0.393 e. The van der Waals surface area contributed by atoms with Gasteiger partial charge in [-0.25, -0.2) is 4.79 Å². The van der Waals surface area contributed by atoms with Gasteiger partial charge in [0.15, 0.2) is 0 Å². The van der Waals surface area contributed by atoms with Crippen molar-refractivity contribution in [1.82, 2.24) is 0 Å². The lowest BCUT2D eigenvalue weighted by Crippen LogP contribution is -2.47. The van der Waals surface area contributed by atoms with Crippen LogP contribution >= 0.6 is 0 Å². The van der Waals surface area contributed by atoms with E-state index in [4.69, 9.17) is 9.47 Å². The Kier molecular flexibility index (Phi) is 3.41. The van der Waals surface area contributed by atoms with Crippen molar-refractivity contribution in [3.8, 4) is 0 Å². The fraction of sp³-hybridized carbons (Fsp3) is 0.667. The third-order valence-electron chi connectivity index (χ3n) is 6.50. The first kappa shape index (κ1) is 15.5. The molecule has 2 heterocycles. The maximum atomic E-state index is 12.3. The molecule has 4 rings (SSSR count). The summed E-state index contributed by atoms with van der Waals surface area (Å²) < 4.78 is 9.70. The van der Waals surface area contributed by atoms with Gasteiger partial charge in [0.05, 0.1) is 23.8 Å². The highest BCUT2D eigenvalue weighted by Crippen LogP contribution is 2.60. The molecule has 0 aromatic heterocycles. The van der Waals surface area contributed by atoms with Crippen molar-refractivity contribution in [2.45, 2.75) is 51.9 Å². The highest BCUT2D eigenvalue weighted by atomic mass is 16.6. The lowest BCUT2D eigenvalue weighted by atomic mass is 9.51. The molecule has 0 radical (unpaired) electrons. The summed E-state index contributed by atoms with van der Waals surface area (Å²) >= 11 is 0. The first-order valence-electron chi connectivity index (χ1n) is 8.71. The molecule has 2 aliphatic carbocycles. The average molecular weight is 332 g/mol. The number of rotatable bonds is 2. The van der Waals surface area contributed by atoms with E-state index in [1.165, 1.54) is 0 Å². The molecule has 0 bridgehead atoms. The molecule has 1 saturated carbocycles. The van der Waals surface area contributed by atoms with Crippen molar-refractivity contribution in [3.63, 3.8) is 0 Å². The van der Waals surface area contributed by atoms with Gasteiger partial charge in [0, 0.05) is 0 Å². The number of cyclic esters (lactones) is 4. The molecular formula is C18H20O6. The molecule has 4 unspecified atom stereocenters. The van der Waals surface area contributed by atoms with Crippen molar-refractivity contribution in [3.05, 3.63) is 11.1 Å². The summed E-state index contributed by atoms with van der Waals surface area (Å²) in [4.78, 5) is 48.3. The topological polar surface area (TPSA) is 86.7 Å². The molecule has 0 aromatic carbocycles. The SMILES string of the molecule is CCC1(C2CC(=O)OC2=O)CC2C(=O)OC(=O)C2=C2CCCCC21. The van der Waals surface area contributed by atoms with Gasteiger partial charge >= 0.3 is 23.9 Å². The third kappa shape index (κ3) is 1.95. The summed E-state index contributed by atoms with van der Waals surface area (Å²) in [5.74, 6) is -3.07. The minimum Gasteiger partial charge on any atom is -0.393 e. The van der Waals surface area contributed by atoms with Crippen LogP contribution in [0.2, 0.25) is 0 Å². The van der Waals surface area contributed by atoms with Gasteiger partial charge in [0.25, 0.3) is 0 Å². The maximum Gasteiger partial charge on any atom is 0.342 e. The smallest absolute Gasteiger partial charge is 0.342 e. The first-order chi connectivity index (χ1) is 11.5. The van der Waals surface area contributed by atoms with Crippen molar-refractivity contribution in [1.29, 1.82) is 0 Å². The molecule has 3 fully saturated rings. The second kappa shape index (κ2) is 5.26. The summed E-state index contributed by atoms with van der Waals surface area (Å²) in [6, 6.07) is 0. The highest BCUT2D eigenvalue weighted by Gasteiger charge is 2.60. The Hall–Kier alpha value is -1.98. The van der Waals surface area contributed by atoms with E-state index in [1.54, 1.807) is 0 Å². The standard InChI is InChI=1S/C18H20O6/c1-2-18(12-7-13(19)23-16(12)21)8-10-14(17(22)24-15(10)20)9-5-3-4-6-11(9)18/h10-12H,2-8H2,1H3. The van der Waals surface area contributed by atoms with E-state index in [0.717, 1.165) is 31.3 Å². The molecule has 0 amide bonds. The minimum atomic E-state index is -0.592. The van der Waals surface area contributed by atoms with Crippen LogP contribution in [0, 0.1) is 23.2 Å². The molecular weight excluding hydrogens is 312 g/mol. The lowest BCUT2D eigenvalue weighted by Gasteiger charge is -2.50. The average Bonchev–Trinajstić information content (AvgIpc) is 3.05. The monoisotopic (exact) mass is 332 g/mol. The van der Waals surface area contributed by atoms with E-state index in [2.05, 4.69) is 0 Å². The zero-order valence-electron chi connectivity index (χ0n) is 13.6.